The molecule has 2 rings (SSSR count). The molecule has 0 unspecified atom stereocenters. The third kappa shape index (κ3) is 2.77. The second-order valence-electron chi connectivity index (χ2n) is 4.11. The summed E-state index contributed by atoms with van der Waals surface area (Å²) < 4.78 is 5.31. The number of anilines is 1. The highest BCUT2D eigenvalue weighted by Gasteiger charge is 2.04. The van der Waals surface area contributed by atoms with Crippen LogP contribution < -0.4 is 10.5 Å². The van der Waals surface area contributed by atoms with Crippen LogP contribution in [0.15, 0.2) is 30.6 Å². The first kappa shape index (κ1) is 12.4. The van der Waals surface area contributed by atoms with E-state index in [-0.39, 0.29) is 0 Å². The van der Waals surface area contributed by atoms with Crippen molar-refractivity contribution in [3.8, 4) is 5.75 Å². The maximum Gasteiger partial charge on any atom is 0.132 e. The molecular formula is C14H17N3O. The smallest absolute Gasteiger partial charge is 0.132 e. The summed E-state index contributed by atoms with van der Waals surface area (Å²) in [5, 5.41) is 0. The molecule has 4 nitrogen and oxygen atoms in total. The van der Waals surface area contributed by atoms with E-state index in [1.165, 1.54) is 11.1 Å². The summed E-state index contributed by atoms with van der Waals surface area (Å²) in [7, 11) is 1.69. The van der Waals surface area contributed by atoms with E-state index in [4.69, 9.17) is 10.5 Å². The van der Waals surface area contributed by atoms with E-state index >= 15 is 0 Å². The lowest BCUT2D eigenvalue weighted by atomic mass is 10.0. The maximum absolute atomic E-state index is 5.56. The molecule has 2 N–H and O–H groups in total. The van der Waals surface area contributed by atoms with Gasteiger partial charge in [-0.05, 0) is 23.6 Å². The van der Waals surface area contributed by atoms with Crippen molar-refractivity contribution in [1.29, 1.82) is 0 Å². The number of nitrogen functional groups attached to an aromatic ring is 1. The van der Waals surface area contributed by atoms with E-state index in [9.17, 15) is 0 Å². The zero-order chi connectivity index (χ0) is 13.0. The summed E-state index contributed by atoms with van der Waals surface area (Å²) in [6.07, 6.45) is 4.91. The second-order valence-corrected chi connectivity index (χ2v) is 4.11. The Kier molecular flexibility index (Phi) is 3.77. The standard InChI is InChI=1S/C14H17N3O/c1-3-11-6-10(4-5-13(11)18-2)7-14-16-8-12(15)9-17-14/h4-6,8-9H,3,7,15H2,1-2H3. The van der Waals surface area contributed by atoms with Crippen molar-refractivity contribution in [2.45, 2.75) is 19.8 Å². The van der Waals surface area contributed by atoms with E-state index < -0.39 is 0 Å². The van der Waals surface area contributed by atoms with Crippen LogP contribution in [0.1, 0.15) is 23.9 Å². The third-order valence-electron chi connectivity index (χ3n) is 2.81. The summed E-state index contributed by atoms with van der Waals surface area (Å²) >= 11 is 0. The van der Waals surface area contributed by atoms with Crippen LogP contribution in [0.25, 0.3) is 0 Å². The minimum atomic E-state index is 0.586. The predicted octanol–water partition coefficient (Wildman–Crippen LogP) is 2.22. The van der Waals surface area contributed by atoms with E-state index in [1.807, 2.05) is 12.1 Å². The van der Waals surface area contributed by atoms with Crippen molar-refractivity contribution < 1.29 is 4.74 Å². The molecule has 0 aliphatic rings. The molecular weight excluding hydrogens is 226 g/mol. The molecule has 1 heterocycles. The number of hydrogen-bond donors (Lipinski definition) is 1. The summed E-state index contributed by atoms with van der Waals surface area (Å²) in [5.74, 6) is 1.70. The minimum Gasteiger partial charge on any atom is -0.496 e. The Bertz CT molecular complexity index is 523. The molecule has 0 amide bonds. The highest BCUT2D eigenvalue weighted by molar-refractivity contribution is 5.38. The van der Waals surface area contributed by atoms with Gasteiger partial charge in [-0.2, -0.15) is 0 Å². The first-order chi connectivity index (χ1) is 8.72. The number of nitrogens with zero attached hydrogens (tertiary/aromatic N) is 2. The lowest BCUT2D eigenvalue weighted by Gasteiger charge is -2.08. The summed E-state index contributed by atoms with van der Waals surface area (Å²) in [5.41, 5.74) is 8.53. The van der Waals surface area contributed by atoms with Gasteiger partial charge in [0.2, 0.25) is 0 Å². The van der Waals surface area contributed by atoms with Gasteiger partial charge in [-0.3, -0.25) is 0 Å². The molecule has 0 spiro atoms. The molecule has 4 heteroatoms. The minimum absolute atomic E-state index is 0.586. The Balaban J connectivity index is 2.21. The van der Waals surface area contributed by atoms with Gasteiger partial charge in [-0.15, -0.1) is 0 Å². The molecule has 1 aromatic heterocycles. The number of benzene rings is 1. The van der Waals surface area contributed by atoms with Gasteiger partial charge >= 0.3 is 0 Å². The second kappa shape index (κ2) is 5.49. The van der Waals surface area contributed by atoms with Crippen molar-refractivity contribution in [2.75, 3.05) is 12.8 Å². The number of ether oxygens (including phenoxy) is 1. The van der Waals surface area contributed by atoms with E-state index in [2.05, 4.69) is 23.0 Å². The zero-order valence-electron chi connectivity index (χ0n) is 10.7. The van der Waals surface area contributed by atoms with Gasteiger partial charge < -0.3 is 10.5 Å². The largest absolute Gasteiger partial charge is 0.496 e. The van der Waals surface area contributed by atoms with Crippen LogP contribution >= 0.6 is 0 Å². The molecule has 0 aliphatic carbocycles. The normalized spacial score (nSPS) is 10.3. The molecule has 0 saturated carbocycles. The van der Waals surface area contributed by atoms with Gasteiger partial charge in [0.1, 0.15) is 11.6 Å². The average molecular weight is 243 g/mol. The summed E-state index contributed by atoms with van der Waals surface area (Å²) in [6, 6.07) is 6.17. The van der Waals surface area contributed by atoms with Crippen LogP contribution in [-0.4, -0.2) is 17.1 Å². The molecule has 1 aromatic carbocycles. The number of rotatable bonds is 4. The molecule has 0 bridgehead atoms. The lowest BCUT2D eigenvalue weighted by molar-refractivity contribution is 0.410. The van der Waals surface area contributed by atoms with Crippen molar-refractivity contribution in [3.05, 3.63) is 47.5 Å². The van der Waals surface area contributed by atoms with Gasteiger partial charge in [0.15, 0.2) is 0 Å². The van der Waals surface area contributed by atoms with Crippen LogP contribution in [0.2, 0.25) is 0 Å². The summed E-state index contributed by atoms with van der Waals surface area (Å²) in [6.45, 7) is 2.11. The lowest BCUT2D eigenvalue weighted by Crippen LogP contribution is -1.99. The Morgan fingerprint density at radius 1 is 1.22 bits per heavy atom. The third-order valence-corrected chi connectivity index (χ3v) is 2.81. The molecule has 0 radical (unpaired) electrons. The molecule has 0 fully saturated rings. The fraction of sp³-hybridized carbons (Fsp3) is 0.286. The van der Waals surface area contributed by atoms with E-state index in [1.54, 1.807) is 19.5 Å². The number of hydrogen-bond acceptors (Lipinski definition) is 4. The Morgan fingerprint density at radius 3 is 2.56 bits per heavy atom. The van der Waals surface area contributed by atoms with Crippen molar-refractivity contribution in [2.24, 2.45) is 0 Å². The first-order valence-corrected chi connectivity index (χ1v) is 5.95. The predicted molar refractivity (Wildman–Crippen MR) is 71.6 cm³/mol. The number of aromatic nitrogens is 2. The molecule has 0 atom stereocenters. The van der Waals surface area contributed by atoms with Gasteiger partial charge in [0.25, 0.3) is 0 Å². The van der Waals surface area contributed by atoms with E-state index in [0.717, 1.165) is 18.0 Å². The van der Waals surface area contributed by atoms with Crippen molar-refractivity contribution in [3.63, 3.8) is 0 Å². The topological polar surface area (TPSA) is 61.0 Å². The fourth-order valence-corrected chi connectivity index (χ4v) is 1.86. The van der Waals surface area contributed by atoms with Crippen LogP contribution in [0.5, 0.6) is 5.75 Å². The number of methoxy groups -OCH3 is 1. The molecule has 2 aromatic rings. The Labute approximate surface area is 107 Å². The van der Waals surface area contributed by atoms with Crippen molar-refractivity contribution >= 4 is 5.69 Å². The van der Waals surface area contributed by atoms with Crippen molar-refractivity contribution in [1.82, 2.24) is 9.97 Å². The highest BCUT2D eigenvalue weighted by atomic mass is 16.5. The monoisotopic (exact) mass is 243 g/mol. The quantitative estimate of drug-likeness (QED) is 0.894. The SMILES string of the molecule is CCc1cc(Cc2ncc(N)cn2)ccc1OC. The molecule has 18 heavy (non-hydrogen) atoms. The first-order valence-electron chi connectivity index (χ1n) is 5.95. The van der Waals surface area contributed by atoms with E-state index in [0.29, 0.717) is 12.1 Å². The molecule has 0 aliphatic heterocycles. The summed E-state index contributed by atoms with van der Waals surface area (Å²) in [4.78, 5) is 8.41. The Hall–Kier alpha value is -2.10. The number of aryl methyl sites for hydroxylation is 1. The fourth-order valence-electron chi connectivity index (χ4n) is 1.86. The maximum atomic E-state index is 5.56. The van der Waals surface area contributed by atoms with Gasteiger partial charge in [-0.1, -0.05) is 19.1 Å². The molecule has 0 saturated heterocycles. The van der Waals surface area contributed by atoms with Gasteiger partial charge in [-0.25, -0.2) is 9.97 Å². The van der Waals surface area contributed by atoms with Crippen LogP contribution in [0.3, 0.4) is 0 Å². The average Bonchev–Trinajstić information content (AvgIpc) is 2.41. The van der Waals surface area contributed by atoms with Gasteiger partial charge in [0, 0.05) is 6.42 Å². The van der Waals surface area contributed by atoms with Crippen LogP contribution in [-0.2, 0) is 12.8 Å². The van der Waals surface area contributed by atoms with Crippen LogP contribution in [0.4, 0.5) is 5.69 Å². The van der Waals surface area contributed by atoms with Gasteiger partial charge in [0.05, 0.1) is 25.2 Å². The molecule has 94 valence electrons. The Morgan fingerprint density at radius 2 is 1.94 bits per heavy atom. The van der Waals surface area contributed by atoms with Crippen LogP contribution in [0, 0.1) is 0 Å². The zero-order valence-corrected chi connectivity index (χ0v) is 10.7. The highest BCUT2D eigenvalue weighted by Crippen LogP contribution is 2.21. The number of nitrogens with two attached hydrogens (primary N) is 1.